The zero-order chi connectivity index (χ0) is 47.0. The second-order valence-electron chi connectivity index (χ2n) is 23.9. The van der Waals surface area contributed by atoms with Gasteiger partial charge in [0.15, 0.2) is 0 Å². The van der Waals surface area contributed by atoms with Crippen LogP contribution in [0.5, 0.6) is 0 Å². The Morgan fingerprint density at radius 1 is 0.250 bits per heavy atom. The average molecular weight is 1010 g/mol. The Bertz CT molecular complexity index is 3560. The van der Waals surface area contributed by atoms with Crippen molar-refractivity contribution in [1.82, 2.24) is 0 Å². The van der Waals surface area contributed by atoms with E-state index >= 15 is 0 Å². The molecule has 0 spiro atoms. The highest BCUT2D eigenvalue weighted by Gasteiger charge is 2.50. The van der Waals surface area contributed by atoms with Crippen molar-refractivity contribution in [2.24, 2.45) is 0 Å². The van der Waals surface area contributed by atoms with Gasteiger partial charge in [0, 0.05) is 41.4 Å². The van der Waals surface area contributed by atoms with Gasteiger partial charge in [0.05, 0.1) is 0 Å². The monoisotopic (exact) mass is 1010 g/mol. The van der Waals surface area contributed by atoms with Crippen molar-refractivity contribution in [3.63, 3.8) is 0 Å². The van der Waals surface area contributed by atoms with Crippen molar-refractivity contribution in [2.75, 3.05) is 0 Å². The van der Waals surface area contributed by atoms with Crippen LogP contribution in [-0.2, 0) is 32.5 Å². The fourth-order valence-corrected chi connectivity index (χ4v) is 15.8. The van der Waals surface area contributed by atoms with Crippen LogP contribution in [0.1, 0.15) is 149 Å². The summed E-state index contributed by atoms with van der Waals surface area (Å²) in [7, 11) is 0. The zero-order valence-corrected chi connectivity index (χ0v) is 44.0. The summed E-state index contributed by atoms with van der Waals surface area (Å²) < 4.78 is 2.29. The fraction of sp³-hybridized carbons (Fsp3) is 0.273. The molecular weight excluding hydrogens is 953 g/mol. The molecule has 0 saturated heterocycles. The number of halogens is 2. The maximum atomic E-state index is 3.84. The lowest BCUT2D eigenvalue weighted by Crippen LogP contribution is -2.28. The van der Waals surface area contributed by atoms with Crippen LogP contribution in [-0.4, -0.2) is 0 Å². The molecular formula is C66H56Br2. The Balaban J connectivity index is 0.948. The Morgan fingerprint density at radius 2 is 0.500 bits per heavy atom. The molecule has 0 heterocycles. The highest BCUT2D eigenvalue weighted by molar-refractivity contribution is 9.10. The molecule has 14 rings (SSSR count). The van der Waals surface area contributed by atoms with Gasteiger partial charge in [0.25, 0.3) is 0 Å². The van der Waals surface area contributed by atoms with Crippen molar-refractivity contribution in [3.8, 4) is 66.8 Å². The van der Waals surface area contributed by atoms with E-state index in [0.717, 1.165) is 21.8 Å². The van der Waals surface area contributed by atoms with E-state index in [4.69, 9.17) is 0 Å². The average Bonchev–Trinajstić information content (AvgIpc) is 4.01. The molecule has 0 radical (unpaired) electrons. The predicted octanol–water partition coefficient (Wildman–Crippen LogP) is 18.5. The largest absolute Gasteiger partial charge is 0.0619 e. The Kier molecular flexibility index (Phi) is 7.92. The first kappa shape index (κ1) is 41.7. The summed E-state index contributed by atoms with van der Waals surface area (Å²) in [6.45, 7) is 24.6. The van der Waals surface area contributed by atoms with Crippen LogP contribution >= 0.6 is 31.9 Å². The van der Waals surface area contributed by atoms with Crippen LogP contribution in [0.4, 0.5) is 0 Å². The highest BCUT2D eigenvalue weighted by atomic mass is 79.9. The molecule has 0 aliphatic heterocycles. The van der Waals surface area contributed by atoms with Gasteiger partial charge in [-0.25, -0.2) is 0 Å². The van der Waals surface area contributed by atoms with Crippen LogP contribution in [0.15, 0.2) is 142 Å². The van der Waals surface area contributed by atoms with Gasteiger partial charge < -0.3 is 0 Å². The quantitative estimate of drug-likeness (QED) is 0.165. The van der Waals surface area contributed by atoms with E-state index in [1.54, 1.807) is 0 Å². The Hall–Kier alpha value is -5.28. The number of benzene rings is 8. The van der Waals surface area contributed by atoms with Gasteiger partial charge in [-0.2, -0.15) is 0 Å². The van der Waals surface area contributed by atoms with Gasteiger partial charge in [-0.1, -0.05) is 162 Å². The molecule has 0 saturated carbocycles. The molecule has 0 aromatic heterocycles. The molecule has 6 aliphatic carbocycles. The Morgan fingerprint density at radius 3 is 0.912 bits per heavy atom. The molecule has 334 valence electrons. The molecule has 8 aromatic carbocycles. The van der Waals surface area contributed by atoms with Crippen LogP contribution in [0.2, 0.25) is 0 Å². The van der Waals surface area contributed by atoms with Gasteiger partial charge in [-0.3, -0.25) is 0 Å². The molecule has 8 aromatic rings. The second-order valence-corrected chi connectivity index (χ2v) is 25.7. The molecule has 6 aliphatic rings. The van der Waals surface area contributed by atoms with Crippen LogP contribution < -0.4 is 0 Å². The van der Waals surface area contributed by atoms with Crippen LogP contribution in [0.25, 0.3) is 66.8 Å². The molecule has 0 fully saturated rings. The summed E-state index contributed by atoms with van der Waals surface area (Å²) >= 11 is 7.68. The lowest BCUT2D eigenvalue weighted by molar-refractivity contribution is 0.424. The van der Waals surface area contributed by atoms with E-state index in [1.165, 1.54) is 134 Å². The normalized spacial score (nSPS) is 20.2. The minimum absolute atomic E-state index is 0.0533. The topological polar surface area (TPSA) is 0 Å². The first-order chi connectivity index (χ1) is 32.3. The summed E-state index contributed by atoms with van der Waals surface area (Å²) in [5.74, 6) is 0. The van der Waals surface area contributed by atoms with Crippen LogP contribution in [0.3, 0.4) is 0 Å². The third-order valence-electron chi connectivity index (χ3n) is 19.1. The minimum Gasteiger partial charge on any atom is -0.0619 e. The zero-order valence-electron chi connectivity index (χ0n) is 40.9. The first-order valence-corrected chi connectivity index (χ1v) is 26.4. The van der Waals surface area contributed by atoms with Gasteiger partial charge in [0.2, 0.25) is 0 Å². The second kappa shape index (κ2) is 12.9. The van der Waals surface area contributed by atoms with Crippen molar-refractivity contribution in [3.05, 3.63) is 209 Å². The summed E-state index contributed by atoms with van der Waals surface area (Å²) in [4.78, 5) is 0. The summed E-state index contributed by atoms with van der Waals surface area (Å²) in [5.41, 5.74) is 33.4. The molecule has 1 unspecified atom stereocenters. The first-order valence-electron chi connectivity index (χ1n) is 24.8. The summed E-state index contributed by atoms with van der Waals surface area (Å²) in [6.07, 6.45) is 2.04. The number of rotatable bonds is 3. The summed E-state index contributed by atoms with van der Waals surface area (Å²) in [5, 5.41) is 0. The highest BCUT2D eigenvalue weighted by Crippen LogP contribution is 2.64. The molecule has 2 heteroatoms. The van der Waals surface area contributed by atoms with E-state index < -0.39 is 0 Å². The van der Waals surface area contributed by atoms with E-state index in [1.807, 2.05) is 0 Å². The van der Waals surface area contributed by atoms with Crippen molar-refractivity contribution in [2.45, 2.75) is 115 Å². The fourth-order valence-electron chi connectivity index (χ4n) is 15.0. The molecule has 0 bridgehead atoms. The lowest BCUT2D eigenvalue weighted by atomic mass is 9.68. The third-order valence-corrected chi connectivity index (χ3v) is 20.1. The van der Waals surface area contributed by atoms with E-state index in [9.17, 15) is 0 Å². The maximum Gasteiger partial charge on any atom is 0.0187 e. The van der Waals surface area contributed by atoms with Gasteiger partial charge in [0.1, 0.15) is 0 Å². The number of fused-ring (bicyclic) bond motifs is 18. The lowest BCUT2D eigenvalue weighted by Gasteiger charge is -2.35. The van der Waals surface area contributed by atoms with Crippen LogP contribution in [0, 0.1) is 0 Å². The molecule has 0 amide bonds. The third kappa shape index (κ3) is 4.92. The smallest absolute Gasteiger partial charge is 0.0187 e. The number of hydrogen-bond acceptors (Lipinski definition) is 0. The molecule has 0 nitrogen and oxygen atoms in total. The maximum absolute atomic E-state index is 3.84. The minimum atomic E-state index is -0.230. The van der Waals surface area contributed by atoms with E-state index in [-0.39, 0.29) is 32.5 Å². The SMILES string of the molecule is CC1(C)c2ccccc2-c2cc3c(cc21)-c1cc2c(cc1C3(C)C)-c1ccccc1C2(C)CCC1(C)c2cc3c(cc2-c2cc4c(cc21)-c1ccc(Br)cc1C4(C)C)C(C)(C)c1cc(Br)ccc1-3. The van der Waals surface area contributed by atoms with E-state index in [2.05, 4.69) is 235 Å². The van der Waals surface area contributed by atoms with E-state index in [0.29, 0.717) is 0 Å². The van der Waals surface area contributed by atoms with Crippen molar-refractivity contribution < 1.29 is 0 Å². The molecule has 1 atom stereocenters. The molecule has 68 heavy (non-hydrogen) atoms. The van der Waals surface area contributed by atoms with Gasteiger partial charge in [-0.15, -0.1) is 0 Å². The summed E-state index contributed by atoms with van der Waals surface area (Å²) in [6, 6.07) is 53.3. The number of hydrogen-bond donors (Lipinski definition) is 0. The van der Waals surface area contributed by atoms with Crippen molar-refractivity contribution >= 4 is 31.9 Å². The Labute approximate surface area is 419 Å². The van der Waals surface area contributed by atoms with Crippen molar-refractivity contribution in [1.29, 1.82) is 0 Å². The standard InChI is InChI=1S/C66H56Br2/c1-61(2)49-17-13-11-15-37(49)41-27-56-45(29-53(41)61)46-34-58-44(28-57(46)64(56,7)8)38-16-12-14-18-50(38)65(58,9)23-24-66(10)59-32-42-39-21-19-35(67)25-51(39)62(3,4)54(42)30-47(59)48-31-55-43(33-60(48)66)40-22-20-36(68)26-52(40)63(55,5)6/h11-22,25-34H,23-24H2,1-10H3. The molecule has 0 N–H and O–H groups in total. The van der Waals surface area contributed by atoms with Gasteiger partial charge >= 0.3 is 0 Å². The van der Waals surface area contributed by atoms with Gasteiger partial charge in [-0.05, 0) is 219 Å². The predicted molar refractivity (Wildman–Crippen MR) is 292 cm³/mol.